The molecule has 0 aliphatic heterocycles. The SMILES string of the molecule is CCCCCCCC/C=C\CCCCCCCCCC(=O)OCC(=O)O. The van der Waals surface area contributed by atoms with E-state index in [0.717, 1.165) is 19.3 Å². The fourth-order valence-electron chi connectivity index (χ4n) is 2.91. The lowest BCUT2D eigenvalue weighted by atomic mass is 10.1. The third-order valence-corrected chi connectivity index (χ3v) is 4.50. The number of ether oxygens (including phenoxy) is 1. The van der Waals surface area contributed by atoms with E-state index in [4.69, 9.17) is 5.11 Å². The van der Waals surface area contributed by atoms with Crippen LogP contribution in [0.3, 0.4) is 0 Å². The predicted octanol–water partition coefficient (Wildman–Crippen LogP) is 6.43. The lowest BCUT2D eigenvalue weighted by Crippen LogP contribution is -2.12. The Labute approximate surface area is 160 Å². The minimum Gasteiger partial charge on any atom is -0.479 e. The van der Waals surface area contributed by atoms with Crippen molar-refractivity contribution in [3.8, 4) is 0 Å². The van der Waals surface area contributed by atoms with Crippen molar-refractivity contribution in [3.05, 3.63) is 12.2 Å². The first-order valence-electron chi connectivity index (χ1n) is 10.7. The number of rotatable bonds is 19. The molecule has 0 rings (SSSR count). The van der Waals surface area contributed by atoms with Gasteiger partial charge in [0.15, 0.2) is 6.61 Å². The molecule has 0 spiro atoms. The van der Waals surface area contributed by atoms with Crippen LogP contribution in [0.4, 0.5) is 0 Å². The summed E-state index contributed by atoms with van der Waals surface area (Å²) in [4.78, 5) is 21.5. The first-order chi connectivity index (χ1) is 12.7. The van der Waals surface area contributed by atoms with Gasteiger partial charge in [-0.15, -0.1) is 0 Å². The van der Waals surface area contributed by atoms with E-state index < -0.39 is 18.5 Å². The zero-order valence-electron chi connectivity index (χ0n) is 16.8. The molecule has 0 aliphatic rings. The molecule has 0 aromatic carbocycles. The Hall–Kier alpha value is -1.32. The fraction of sp³-hybridized carbons (Fsp3) is 0.818. The van der Waals surface area contributed by atoms with Crippen molar-refractivity contribution in [3.63, 3.8) is 0 Å². The second-order valence-electron chi connectivity index (χ2n) is 7.10. The number of aliphatic carboxylic acids is 1. The summed E-state index contributed by atoms with van der Waals surface area (Å²) in [5.41, 5.74) is 0. The highest BCUT2D eigenvalue weighted by Gasteiger charge is 2.05. The first-order valence-corrected chi connectivity index (χ1v) is 10.7. The molecule has 0 atom stereocenters. The van der Waals surface area contributed by atoms with E-state index in [2.05, 4.69) is 23.8 Å². The van der Waals surface area contributed by atoms with Gasteiger partial charge in [0, 0.05) is 6.42 Å². The van der Waals surface area contributed by atoms with Crippen molar-refractivity contribution in [2.75, 3.05) is 6.61 Å². The Kier molecular flexibility index (Phi) is 19.0. The second kappa shape index (κ2) is 20.0. The molecule has 4 nitrogen and oxygen atoms in total. The van der Waals surface area contributed by atoms with E-state index in [1.54, 1.807) is 0 Å². The van der Waals surface area contributed by atoms with E-state index in [9.17, 15) is 9.59 Å². The molecule has 0 aromatic heterocycles. The molecule has 0 amide bonds. The molecule has 26 heavy (non-hydrogen) atoms. The number of unbranched alkanes of at least 4 members (excludes halogenated alkanes) is 13. The van der Waals surface area contributed by atoms with Crippen molar-refractivity contribution < 1.29 is 19.4 Å². The minimum absolute atomic E-state index is 0.330. The topological polar surface area (TPSA) is 63.6 Å². The van der Waals surface area contributed by atoms with Crippen molar-refractivity contribution in [2.45, 2.75) is 110 Å². The van der Waals surface area contributed by atoms with Crippen LogP contribution in [-0.4, -0.2) is 23.7 Å². The zero-order chi connectivity index (χ0) is 19.3. The Morgan fingerprint density at radius 1 is 0.731 bits per heavy atom. The van der Waals surface area contributed by atoms with E-state index in [-0.39, 0.29) is 0 Å². The molecular formula is C22H40O4. The second-order valence-corrected chi connectivity index (χ2v) is 7.10. The molecule has 0 saturated heterocycles. The third kappa shape index (κ3) is 20.7. The van der Waals surface area contributed by atoms with Gasteiger partial charge < -0.3 is 9.84 Å². The van der Waals surface area contributed by atoms with Crippen molar-refractivity contribution in [2.24, 2.45) is 0 Å². The Balaban J connectivity index is 3.18. The third-order valence-electron chi connectivity index (χ3n) is 4.50. The van der Waals surface area contributed by atoms with Crippen molar-refractivity contribution in [1.29, 1.82) is 0 Å². The number of esters is 1. The van der Waals surface area contributed by atoms with Gasteiger partial charge in [0.05, 0.1) is 0 Å². The van der Waals surface area contributed by atoms with Crippen LogP contribution in [0.2, 0.25) is 0 Å². The van der Waals surface area contributed by atoms with Gasteiger partial charge in [-0.2, -0.15) is 0 Å². The number of hydrogen-bond donors (Lipinski definition) is 1. The quantitative estimate of drug-likeness (QED) is 0.162. The molecule has 0 heterocycles. The van der Waals surface area contributed by atoms with Crippen molar-refractivity contribution in [1.82, 2.24) is 0 Å². The van der Waals surface area contributed by atoms with Gasteiger partial charge in [0.1, 0.15) is 0 Å². The summed E-state index contributed by atoms with van der Waals surface area (Å²) < 4.78 is 4.59. The van der Waals surface area contributed by atoms with Crippen LogP contribution < -0.4 is 0 Å². The summed E-state index contributed by atoms with van der Waals surface area (Å²) >= 11 is 0. The molecular weight excluding hydrogens is 328 g/mol. The Morgan fingerprint density at radius 2 is 1.19 bits per heavy atom. The van der Waals surface area contributed by atoms with Gasteiger partial charge >= 0.3 is 11.9 Å². The normalized spacial score (nSPS) is 11.1. The smallest absolute Gasteiger partial charge is 0.341 e. The molecule has 152 valence electrons. The first kappa shape index (κ1) is 24.7. The maximum Gasteiger partial charge on any atom is 0.341 e. The lowest BCUT2D eigenvalue weighted by Gasteiger charge is -2.02. The zero-order valence-corrected chi connectivity index (χ0v) is 16.8. The number of hydrogen-bond acceptors (Lipinski definition) is 3. The van der Waals surface area contributed by atoms with E-state index in [1.165, 1.54) is 77.0 Å². The lowest BCUT2D eigenvalue weighted by molar-refractivity contribution is -0.155. The van der Waals surface area contributed by atoms with Crippen molar-refractivity contribution >= 4 is 11.9 Å². The fourth-order valence-corrected chi connectivity index (χ4v) is 2.91. The van der Waals surface area contributed by atoms with Gasteiger partial charge in [0.2, 0.25) is 0 Å². The van der Waals surface area contributed by atoms with Crippen LogP contribution in [0.15, 0.2) is 12.2 Å². The van der Waals surface area contributed by atoms with Crippen LogP contribution in [0.25, 0.3) is 0 Å². The van der Waals surface area contributed by atoms with E-state index in [1.807, 2.05) is 0 Å². The van der Waals surface area contributed by atoms with Crippen LogP contribution in [0.1, 0.15) is 110 Å². The van der Waals surface area contributed by atoms with Crippen LogP contribution in [0, 0.1) is 0 Å². The maximum absolute atomic E-state index is 11.2. The number of allylic oxidation sites excluding steroid dienone is 2. The summed E-state index contributed by atoms with van der Waals surface area (Å²) in [5.74, 6) is -1.50. The molecule has 0 unspecified atom stereocenters. The Bertz CT molecular complexity index is 363. The standard InChI is InChI=1S/C22H40O4/c1-2-3-4-5-6-7-8-9-10-11-12-13-14-15-16-17-18-19-22(25)26-20-21(23)24/h9-10H,2-8,11-20H2,1H3,(H,23,24)/b10-9-. The largest absolute Gasteiger partial charge is 0.479 e. The van der Waals surface area contributed by atoms with Crippen LogP contribution in [-0.2, 0) is 14.3 Å². The number of carbonyl (C=O) groups is 2. The molecule has 0 aromatic rings. The van der Waals surface area contributed by atoms with E-state index in [0.29, 0.717) is 6.42 Å². The highest BCUT2D eigenvalue weighted by molar-refractivity contribution is 5.75. The average molecular weight is 369 g/mol. The summed E-state index contributed by atoms with van der Waals surface area (Å²) in [6, 6.07) is 0. The van der Waals surface area contributed by atoms with Gasteiger partial charge in [-0.1, -0.05) is 83.3 Å². The van der Waals surface area contributed by atoms with Gasteiger partial charge in [-0.05, 0) is 32.1 Å². The predicted molar refractivity (Wildman–Crippen MR) is 107 cm³/mol. The molecule has 1 N–H and O–H groups in total. The van der Waals surface area contributed by atoms with Gasteiger partial charge in [0.25, 0.3) is 0 Å². The molecule has 0 radical (unpaired) electrons. The summed E-state index contributed by atoms with van der Waals surface area (Å²) in [7, 11) is 0. The minimum atomic E-state index is -1.10. The summed E-state index contributed by atoms with van der Waals surface area (Å²) in [6.45, 7) is 1.74. The molecule has 4 heteroatoms. The number of carbonyl (C=O) groups excluding carboxylic acids is 1. The Morgan fingerprint density at radius 3 is 1.69 bits per heavy atom. The highest BCUT2D eigenvalue weighted by Crippen LogP contribution is 2.11. The summed E-state index contributed by atoms with van der Waals surface area (Å²) in [6.07, 6.45) is 23.6. The van der Waals surface area contributed by atoms with Crippen LogP contribution >= 0.6 is 0 Å². The van der Waals surface area contributed by atoms with E-state index >= 15 is 0 Å². The van der Waals surface area contributed by atoms with Crippen LogP contribution in [0.5, 0.6) is 0 Å². The highest BCUT2D eigenvalue weighted by atomic mass is 16.5. The molecule has 0 saturated carbocycles. The monoisotopic (exact) mass is 368 g/mol. The molecule has 0 bridgehead atoms. The number of carboxylic acids is 1. The maximum atomic E-state index is 11.2. The molecule has 0 fully saturated rings. The molecule has 0 aliphatic carbocycles. The van der Waals surface area contributed by atoms with Gasteiger partial charge in [-0.3, -0.25) is 4.79 Å². The van der Waals surface area contributed by atoms with Gasteiger partial charge in [-0.25, -0.2) is 4.79 Å². The average Bonchev–Trinajstić information content (AvgIpc) is 2.62. The number of carboxylic acid groups (broad SMARTS) is 1. The summed E-state index contributed by atoms with van der Waals surface area (Å²) in [5, 5.41) is 8.40.